The fraction of sp³-hybridized carbons (Fsp3) is 0.500. The van der Waals surface area contributed by atoms with E-state index in [1.807, 2.05) is 13.8 Å². The van der Waals surface area contributed by atoms with E-state index in [4.69, 9.17) is 5.73 Å². The Morgan fingerprint density at radius 3 is 2.92 bits per heavy atom. The van der Waals surface area contributed by atoms with Crippen molar-refractivity contribution in [3.8, 4) is 6.01 Å². The molecule has 1 heterocycles. The summed E-state index contributed by atoms with van der Waals surface area (Å²) in [6.45, 7) is 3.83. The average molecular weight is 170 g/mol. The Morgan fingerprint density at radius 2 is 2.42 bits per heavy atom. The first-order valence-corrected chi connectivity index (χ1v) is 3.48. The molecule has 0 saturated carbocycles. The van der Waals surface area contributed by atoms with Crippen LogP contribution in [0.4, 0.5) is 4.79 Å². The molecule has 66 valence electrons. The van der Waals surface area contributed by atoms with E-state index >= 15 is 0 Å². The van der Waals surface area contributed by atoms with Gasteiger partial charge in [0, 0.05) is 6.04 Å². The molecular formula is C6H10N4O2. The van der Waals surface area contributed by atoms with Crippen LogP contribution in [-0.2, 0) is 0 Å². The topological polar surface area (TPSA) is 83.0 Å². The van der Waals surface area contributed by atoms with E-state index < -0.39 is 6.09 Å². The van der Waals surface area contributed by atoms with Crippen molar-refractivity contribution in [2.75, 3.05) is 0 Å². The van der Waals surface area contributed by atoms with Crippen LogP contribution >= 0.6 is 0 Å². The third-order valence-corrected chi connectivity index (χ3v) is 1.29. The van der Waals surface area contributed by atoms with Crippen molar-refractivity contribution in [1.82, 2.24) is 14.8 Å². The largest absolute Gasteiger partial charge is 0.412 e. The third kappa shape index (κ3) is 1.71. The summed E-state index contributed by atoms with van der Waals surface area (Å²) in [7, 11) is 0. The first kappa shape index (κ1) is 8.51. The molecule has 0 aliphatic rings. The molecule has 6 nitrogen and oxygen atoms in total. The molecule has 1 aromatic heterocycles. The predicted molar refractivity (Wildman–Crippen MR) is 40.6 cm³/mol. The Hall–Kier alpha value is -1.59. The highest BCUT2D eigenvalue weighted by molar-refractivity contribution is 5.66. The van der Waals surface area contributed by atoms with Crippen LogP contribution in [0.1, 0.15) is 19.9 Å². The molecule has 0 atom stereocenters. The lowest BCUT2D eigenvalue weighted by Gasteiger charge is -2.07. The summed E-state index contributed by atoms with van der Waals surface area (Å²) in [5.41, 5.74) is 4.81. The summed E-state index contributed by atoms with van der Waals surface area (Å²) in [6.07, 6.45) is 0.591. The fourth-order valence-corrected chi connectivity index (χ4v) is 0.749. The van der Waals surface area contributed by atoms with Gasteiger partial charge in [-0.2, -0.15) is 0 Å². The summed E-state index contributed by atoms with van der Waals surface area (Å²) < 4.78 is 6.18. The number of nitrogens with zero attached hydrogens (tertiary/aromatic N) is 3. The predicted octanol–water partition coefficient (Wildman–Crippen LogP) is 0.317. The van der Waals surface area contributed by atoms with Gasteiger partial charge in [0.1, 0.15) is 6.33 Å². The Kier molecular flexibility index (Phi) is 2.27. The highest BCUT2D eigenvalue weighted by atomic mass is 16.6. The smallest absolute Gasteiger partial charge is 0.374 e. The molecule has 0 aliphatic heterocycles. The number of hydrogen-bond acceptors (Lipinski definition) is 4. The monoisotopic (exact) mass is 170 g/mol. The molecule has 0 aliphatic carbocycles. The van der Waals surface area contributed by atoms with Gasteiger partial charge in [0.25, 0.3) is 0 Å². The van der Waals surface area contributed by atoms with Crippen LogP contribution in [0.5, 0.6) is 6.01 Å². The van der Waals surface area contributed by atoms with Gasteiger partial charge in [0.05, 0.1) is 0 Å². The van der Waals surface area contributed by atoms with Crippen LogP contribution < -0.4 is 10.5 Å². The van der Waals surface area contributed by atoms with Crippen molar-refractivity contribution < 1.29 is 9.53 Å². The zero-order valence-electron chi connectivity index (χ0n) is 6.89. The number of nitrogens with two attached hydrogens (primary N) is 1. The number of hydrogen-bond donors (Lipinski definition) is 1. The zero-order valence-corrected chi connectivity index (χ0v) is 6.89. The second kappa shape index (κ2) is 3.21. The van der Waals surface area contributed by atoms with Gasteiger partial charge < -0.3 is 10.5 Å². The molecule has 0 fully saturated rings. The quantitative estimate of drug-likeness (QED) is 0.692. The fourth-order valence-electron chi connectivity index (χ4n) is 0.749. The standard InChI is InChI=1S/C6H10N4O2/c1-4(2)10-3-8-9-6(10)12-5(7)11/h3-4H,1-2H3,(H2,7,11). The van der Waals surface area contributed by atoms with Crippen molar-refractivity contribution >= 4 is 6.09 Å². The first-order chi connectivity index (χ1) is 5.61. The number of amides is 1. The van der Waals surface area contributed by atoms with Gasteiger partial charge in [-0.3, -0.25) is 4.57 Å². The molecule has 1 rings (SSSR count). The molecule has 2 N–H and O–H groups in total. The molecule has 1 aromatic rings. The van der Waals surface area contributed by atoms with Gasteiger partial charge >= 0.3 is 12.1 Å². The van der Waals surface area contributed by atoms with Gasteiger partial charge in [-0.05, 0) is 13.8 Å². The maximum atomic E-state index is 10.4. The van der Waals surface area contributed by atoms with Crippen molar-refractivity contribution in [2.45, 2.75) is 19.9 Å². The Balaban J connectivity index is 2.84. The van der Waals surface area contributed by atoms with Crippen molar-refractivity contribution in [1.29, 1.82) is 0 Å². The molecule has 0 aromatic carbocycles. The molecule has 6 heteroatoms. The lowest BCUT2D eigenvalue weighted by molar-refractivity contribution is 0.203. The van der Waals surface area contributed by atoms with E-state index in [0.29, 0.717) is 0 Å². The Morgan fingerprint density at radius 1 is 1.75 bits per heavy atom. The molecule has 0 bridgehead atoms. The SMILES string of the molecule is CC(C)n1cnnc1OC(N)=O. The molecule has 1 amide bonds. The maximum Gasteiger partial charge on any atom is 0.412 e. The minimum atomic E-state index is -0.884. The molecule has 0 saturated heterocycles. The number of primary amides is 1. The highest BCUT2D eigenvalue weighted by Gasteiger charge is 2.09. The van der Waals surface area contributed by atoms with E-state index in [0.717, 1.165) is 0 Å². The summed E-state index contributed by atoms with van der Waals surface area (Å²) in [5.74, 6) is 0. The number of aromatic nitrogens is 3. The van der Waals surface area contributed by atoms with E-state index in [2.05, 4.69) is 14.9 Å². The van der Waals surface area contributed by atoms with Crippen LogP contribution in [0.15, 0.2) is 6.33 Å². The van der Waals surface area contributed by atoms with Crippen LogP contribution in [0.3, 0.4) is 0 Å². The summed E-state index contributed by atoms with van der Waals surface area (Å²) >= 11 is 0. The average Bonchev–Trinajstić information content (AvgIpc) is 2.33. The van der Waals surface area contributed by atoms with Gasteiger partial charge in [-0.1, -0.05) is 5.10 Å². The van der Waals surface area contributed by atoms with Gasteiger partial charge in [0.15, 0.2) is 0 Å². The zero-order chi connectivity index (χ0) is 9.14. The van der Waals surface area contributed by atoms with E-state index in [-0.39, 0.29) is 12.1 Å². The minimum Gasteiger partial charge on any atom is -0.374 e. The van der Waals surface area contributed by atoms with Crippen molar-refractivity contribution in [3.63, 3.8) is 0 Å². The lowest BCUT2D eigenvalue weighted by atomic mass is 10.4. The van der Waals surface area contributed by atoms with Gasteiger partial charge in [-0.15, -0.1) is 5.10 Å². The number of rotatable bonds is 2. The van der Waals surface area contributed by atoms with Gasteiger partial charge in [0.2, 0.25) is 0 Å². The number of carbonyl (C=O) groups is 1. The van der Waals surface area contributed by atoms with Crippen molar-refractivity contribution in [2.24, 2.45) is 5.73 Å². The molecule has 0 radical (unpaired) electrons. The maximum absolute atomic E-state index is 10.4. The minimum absolute atomic E-state index is 0.123. The summed E-state index contributed by atoms with van der Waals surface area (Å²) in [4.78, 5) is 10.4. The Bertz CT molecular complexity index is 281. The summed E-state index contributed by atoms with van der Waals surface area (Å²) in [5, 5.41) is 7.14. The molecule has 0 spiro atoms. The van der Waals surface area contributed by atoms with Crippen LogP contribution in [0.25, 0.3) is 0 Å². The second-order valence-electron chi connectivity index (χ2n) is 2.54. The normalized spacial score (nSPS) is 10.2. The summed E-state index contributed by atoms with van der Waals surface area (Å²) in [6, 6.07) is 0.256. The number of carbonyl (C=O) groups excluding carboxylic acids is 1. The van der Waals surface area contributed by atoms with Crippen LogP contribution in [-0.4, -0.2) is 20.9 Å². The first-order valence-electron chi connectivity index (χ1n) is 3.48. The Labute approximate surface area is 69.3 Å². The van der Waals surface area contributed by atoms with E-state index in [1.165, 1.54) is 6.33 Å². The molecule has 0 unspecified atom stereocenters. The van der Waals surface area contributed by atoms with Gasteiger partial charge in [-0.25, -0.2) is 4.79 Å². The van der Waals surface area contributed by atoms with E-state index in [9.17, 15) is 4.79 Å². The van der Waals surface area contributed by atoms with Crippen molar-refractivity contribution in [3.05, 3.63) is 6.33 Å². The molecule has 12 heavy (non-hydrogen) atoms. The third-order valence-electron chi connectivity index (χ3n) is 1.29. The van der Waals surface area contributed by atoms with E-state index in [1.54, 1.807) is 4.57 Å². The molecular weight excluding hydrogens is 160 g/mol. The lowest BCUT2D eigenvalue weighted by Crippen LogP contribution is -2.19. The van der Waals surface area contributed by atoms with Crippen LogP contribution in [0, 0.1) is 0 Å². The highest BCUT2D eigenvalue weighted by Crippen LogP contribution is 2.12. The number of ether oxygens (including phenoxy) is 1. The van der Waals surface area contributed by atoms with Crippen LogP contribution in [0.2, 0.25) is 0 Å². The second-order valence-corrected chi connectivity index (χ2v) is 2.54.